The fourth-order valence-electron chi connectivity index (χ4n) is 2.93. The van der Waals surface area contributed by atoms with Crippen LogP contribution in [0.5, 0.6) is 0 Å². The van der Waals surface area contributed by atoms with Crippen molar-refractivity contribution in [3.8, 4) is 0 Å². The van der Waals surface area contributed by atoms with Gasteiger partial charge in [-0.25, -0.2) is 0 Å². The van der Waals surface area contributed by atoms with E-state index in [1.54, 1.807) is 0 Å². The molecule has 0 aliphatic heterocycles. The minimum Gasteiger partial charge on any atom is -0.321 e. The Bertz CT molecular complexity index is 249. The number of carbonyl (C=O) groups excluding carboxylic acids is 1. The topological polar surface area (TPSA) is 69.1 Å². The molecular formula is C15H29N2O. The van der Waals surface area contributed by atoms with E-state index in [9.17, 15) is 4.79 Å². The van der Waals surface area contributed by atoms with Crippen molar-refractivity contribution in [3.05, 3.63) is 6.92 Å². The van der Waals surface area contributed by atoms with Gasteiger partial charge in [0.25, 0.3) is 0 Å². The van der Waals surface area contributed by atoms with Crippen molar-refractivity contribution in [1.82, 2.24) is 0 Å². The fraction of sp³-hybridized carbons (Fsp3) is 0.867. The van der Waals surface area contributed by atoms with Crippen molar-refractivity contribution in [2.24, 2.45) is 23.3 Å². The summed E-state index contributed by atoms with van der Waals surface area (Å²) in [5, 5.41) is 0. The first-order valence-electron chi connectivity index (χ1n) is 7.40. The van der Waals surface area contributed by atoms with E-state index in [2.05, 4.69) is 6.92 Å². The monoisotopic (exact) mass is 253 g/mol. The van der Waals surface area contributed by atoms with Gasteiger partial charge in [-0.1, -0.05) is 52.4 Å². The van der Waals surface area contributed by atoms with Crippen molar-refractivity contribution in [2.45, 2.75) is 70.4 Å². The van der Waals surface area contributed by atoms with Crippen LogP contribution >= 0.6 is 0 Å². The van der Waals surface area contributed by atoms with Gasteiger partial charge in [0.15, 0.2) is 5.78 Å². The van der Waals surface area contributed by atoms with Crippen LogP contribution < -0.4 is 11.5 Å². The zero-order chi connectivity index (χ0) is 13.5. The Kier molecular flexibility index (Phi) is 6.87. The van der Waals surface area contributed by atoms with Gasteiger partial charge in [0.2, 0.25) is 0 Å². The van der Waals surface area contributed by atoms with Gasteiger partial charge in [-0.05, 0) is 24.7 Å². The number of nitrogens with two attached hydrogens (primary N) is 2. The lowest BCUT2D eigenvalue weighted by molar-refractivity contribution is -0.123. The van der Waals surface area contributed by atoms with Gasteiger partial charge in [0.1, 0.15) is 0 Å². The maximum Gasteiger partial charge on any atom is 0.166 e. The smallest absolute Gasteiger partial charge is 0.166 e. The molecule has 0 saturated heterocycles. The van der Waals surface area contributed by atoms with E-state index in [0.29, 0.717) is 5.92 Å². The summed E-state index contributed by atoms with van der Waals surface area (Å²) in [5.74, 6) is 0.863. The number of hydrogen-bond acceptors (Lipinski definition) is 3. The third kappa shape index (κ3) is 4.69. The summed E-state index contributed by atoms with van der Waals surface area (Å²) in [6.45, 7) is 5.82. The van der Waals surface area contributed by atoms with Gasteiger partial charge in [0, 0.05) is 0 Å². The molecule has 0 heterocycles. The van der Waals surface area contributed by atoms with Crippen molar-refractivity contribution in [3.63, 3.8) is 0 Å². The Labute approximate surface area is 112 Å². The van der Waals surface area contributed by atoms with Gasteiger partial charge < -0.3 is 11.5 Å². The molecule has 3 atom stereocenters. The quantitative estimate of drug-likeness (QED) is 0.732. The molecular weight excluding hydrogens is 224 g/mol. The van der Waals surface area contributed by atoms with E-state index >= 15 is 0 Å². The molecule has 18 heavy (non-hydrogen) atoms. The molecule has 0 aromatic carbocycles. The molecule has 0 aromatic rings. The zero-order valence-corrected chi connectivity index (χ0v) is 11.7. The summed E-state index contributed by atoms with van der Waals surface area (Å²) in [4.78, 5) is 12.2. The van der Waals surface area contributed by atoms with Crippen molar-refractivity contribution in [1.29, 1.82) is 0 Å². The highest BCUT2D eigenvalue weighted by atomic mass is 16.1. The second-order valence-corrected chi connectivity index (χ2v) is 5.89. The SMILES string of the molecule is [CH2]CCC(C)C(N)C(=O)[C@@H](N)CC1CCCCC1. The molecule has 1 aliphatic rings. The Morgan fingerprint density at radius 3 is 2.44 bits per heavy atom. The van der Waals surface area contributed by atoms with Gasteiger partial charge in [-0.15, -0.1) is 0 Å². The second kappa shape index (κ2) is 7.90. The summed E-state index contributed by atoms with van der Waals surface area (Å²) in [6, 6.07) is -0.777. The minimum atomic E-state index is -0.412. The summed E-state index contributed by atoms with van der Waals surface area (Å²) in [6.07, 6.45) is 8.90. The number of Topliss-reactive ketones (excluding diaryl/α,β-unsaturated/α-hetero) is 1. The molecule has 3 nitrogen and oxygen atoms in total. The van der Waals surface area contributed by atoms with E-state index in [1.165, 1.54) is 32.1 Å². The summed E-state index contributed by atoms with van der Waals surface area (Å²) >= 11 is 0. The largest absolute Gasteiger partial charge is 0.321 e. The Morgan fingerprint density at radius 1 is 1.28 bits per heavy atom. The van der Waals surface area contributed by atoms with E-state index in [-0.39, 0.29) is 17.7 Å². The minimum absolute atomic E-state index is 0.0431. The van der Waals surface area contributed by atoms with Crippen LogP contribution in [-0.2, 0) is 4.79 Å². The van der Waals surface area contributed by atoms with Crippen LogP contribution in [0.1, 0.15) is 58.3 Å². The lowest BCUT2D eigenvalue weighted by atomic mass is 9.82. The molecule has 0 spiro atoms. The van der Waals surface area contributed by atoms with Gasteiger partial charge >= 0.3 is 0 Å². The molecule has 1 saturated carbocycles. The number of rotatable bonds is 7. The molecule has 0 aromatic heterocycles. The molecule has 105 valence electrons. The normalized spacial score (nSPS) is 22.4. The molecule has 1 rings (SSSR count). The maximum absolute atomic E-state index is 12.2. The number of carbonyl (C=O) groups is 1. The van der Waals surface area contributed by atoms with Gasteiger partial charge in [-0.2, -0.15) is 0 Å². The van der Waals surface area contributed by atoms with Crippen LogP contribution in [-0.4, -0.2) is 17.9 Å². The standard InChI is InChI=1S/C15H29N2O/c1-3-7-11(2)14(17)15(18)13(16)10-12-8-5-4-6-9-12/h11-14H,1,3-10,16-17H2,2H3/t11?,13-,14?/m0/s1. The van der Waals surface area contributed by atoms with Crippen molar-refractivity contribution >= 4 is 5.78 Å². The van der Waals surface area contributed by atoms with Crippen LogP contribution in [0.2, 0.25) is 0 Å². The van der Waals surface area contributed by atoms with Crippen LogP contribution in [0.4, 0.5) is 0 Å². The second-order valence-electron chi connectivity index (χ2n) is 5.89. The summed E-state index contributed by atoms with van der Waals surface area (Å²) < 4.78 is 0. The van der Waals surface area contributed by atoms with Crippen LogP contribution in [0.3, 0.4) is 0 Å². The molecule has 2 unspecified atom stereocenters. The lowest BCUT2D eigenvalue weighted by Crippen LogP contribution is -2.47. The lowest BCUT2D eigenvalue weighted by Gasteiger charge is -2.26. The highest BCUT2D eigenvalue weighted by Crippen LogP contribution is 2.27. The van der Waals surface area contributed by atoms with E-state index in [4.69, 9.17) is 11.5 Å². The first-order chi connectivity index (χ1) is 8.56. The Balaban J connectivity index is 2.39. The Hall–Kier alpha value is -0.410. The highest BCUT2D eigenvalue weighted by molar-refractivity contribution is 5.88. The molecule has 1 aliphatic carbocycles. The average molecular weight is 253 g/mol. The predicted molar refractivity (Wildman–Crippen MR) is 75.9 cm³/mol. The summed E-state index contributed by atoms with van der Waals surface area (Å²) in [7, 11) is 0. The fourth-order valence-corrected chi connectivity index (χ4v) is 2.93. The first-order valence-corrected chi connectivity index (χ1v) is 7.40. The molecule has 1 fully saturated rings. The molecule has 0 bridgehead atoms. The van der Waals surface area contributed by atoms with Gasteiger partial charge in [-0.3, -0.25) is 4.79 Å². The molecule has 1 radical (unpaired) electrons. The third-order valence-electron chi connectivity index (χ3n) is 4.28. The summed E-state index contributed by atoms with van der Waals surface area (Å²) in [5.41, 5.74) is 12.0. The van der Waals surface area contributed by atoms with Crippen molar-refractivity contribution in [2.75, 3.05) is 0 Å². The van der Waals surface area contributed by atoms with E-state index in [1.807, 2.05) is 6.92 Å². The number of ketones is 1. The Morgan fingerprint density at radius 2 is 1.89 bits per heavy atom. The first kappa shape index (κ1) is 15.6. The van der Waals surface area contributed by atoms with Crippen LogP contribution in [0.15, 0.2) is 0 Å². The van der Waals surface area contributed by atoms with Crippen LogP contribution in [0.25, 0.3) is 0 Å². The third-order valence-corrected chi connectivity index (χ3v) is 4.28. The van der Waals surface area contributed by atoms with E-state index in [0.717, 1.165) is 19.3 Å². The zero-order valence-electron chi connectivity index (χ0n) is 11.7. The highest BCUT2D eigenvalue weighted by Gasteiger charge is 2.27. The van der Waals surface area contributed by atoms with Crippen LogP contribution in [0, 0.1) is 18.8 Å². The van der Waals surface area contributed by atoms with Crippen molar-refractivity contribution < 1.29 is 4.79 Å². The number of hydrogen-bond donors (Lipinski definition) is 2. The molecule has 3 heteroatoms. The van der Waals surface area contributed by atoms with E-state index < -0.39 is 6.04 Å². The van der Waals surface area contributed by atoms with Gasteiger partial charge in [0.05, 0.1) is 12.1 Å². The predicted octanol–water partition coefficient (Wildman–Crippen LogP) is 2.43. The average Bonchev–Trinajstić information content (AvgIpc) is 2.38. The molecule has 0 amide bonds. The molecule has 4 N–H and O–H groups in total. The maximum atomic E-state index is 12.2.